The molecule has 0 N–H and O–H groups in total. The van der Waals surface area contributed by atoms with E-state index in [1.165, 1.54) is 12.1 Å². The van der Waals surface area contributed by atoms with E-state index in [1.54, 1.807) is 24.1 Å². The van der Waals surface area contributed by atoms with Crippen molar-refractivity contribution in [3.8, 4) is 0 Å². The number of carbonyl (C=O) groups is 1. The van der Waals surface area contributed by atoms with Gasteiger partial charge in [-0.1, -0.05) is 23.7 Å². The van der Waals surface area contributed by atoms with Crippen molar-refractivity contribution in [1.82, 2.24) is 14.8 Å². The standard InChI is InChI=1S/C21H23ClF4N4O/c1-14(15-3-5-17(23)6-4-15)28(2)19(31)13-29-7-9-30(10-8-29)20-18(22)11-16(12-27-20)21(24,25)26/h3-6,11-12,14H,7-10,13H2,1-2H3. The van der Waals surface area contributed by atoms with Crippen LogP contribution in [0.25, 0.3) is 0 Å². The van der Waals surface area contributed by atoms with Crippen molar-refractivity contribution in [3.63, 3.8) is 0 Å². The fourth-order valence-electron chi connectivity index (χ4n) is 3.42. The van der Waals surface area contributed by atoms with E-state index >= 15 is 0 Å². The lowest BCUT2D eigenvalue weighted by Crippen LogP contribution is -2.50. The zero-order valence-electron chi connectivity index (χ0n) is 17.2. The van der Waals surface area contributed by atoms with E-state index < -0.39 is 11.7 Å². The predicted octanol–water partition coefficient (Wildman–Crippen LogP) is 4.23. The topological polar surface area (TPSA) is 39.7 Å². The van der Waals surface area contributed by atoms with Crippen molar-refractivity contribution >= 4 is 23.3 Å². The summed E-state index contributed by atoms with van der Waals surface area (Å²) in [5.41, 5.74) is -0.0473. The van der Waals surface area contributed by atoms with Gasteiger partial charge in [-0.3, -0.25) is 9.69 Å². The minimum atomic E-state index is -4.49. The van der Waals surface area contributed by atoms with Crippen LogP contribution in [0, 0.1) is 5.82 Å². The van der Waals surface area contributed by atoms with Gasteiger partial charge < -0.3 is 9.80 Å². The molecule has 0 radical (unpaired) electrons. The molecule has 3 rings (SSSR count). The maximum Gasteiger partial charge on any atom is 0.417 e. The molecule has 31 heavy (non-hydrogen) atoms. The predicted molar refractivity (Wildman–Crippen MR) is 110 cm³/mol. The van der Waals surface area contributed by atoms with Crippen LogP contribution in [-0.4, -0.2) is 60.5 Å². The van der Waals surface area contributed by atoms with Crippen molar-refractivity contribution in [3.05, 3.63) is 58.5 Å². The molecule has 2 aromatic rings. The second-order valence-corrected chi connectivity index (χ2v) is 7.93. The molecule has 0 aliphatic carbocycles. The average molecular weight is 459 g/mol. The minimum absolute atomic E-state index is 0.0489. The molecule has 0 saturated carbocycles. The van der Waals surface area contributed by atoms with E-state index in [4.69, 9.17) is 11.6 Å². The lowest BCUT2D eigenvalue weighted by atomic mass is 10.1. The van der Waals surface area contributed by atoms with Crippen LogP contribution in [-0.2, 0) is 11.0 Å². The summed E-state index contributed by atoms with van der Waals surface area (Å²) < 4.78 is 51.5. The summed E-state index contributed by atoms with van der Waals surface area (Å²) in [5, 5.41) is -0.0489. The monoisotopic (exact) mass is 458 g/mol. The Labute approximate surface area is 183 Å². The van der Waals surface area contributed by atoms with Crippen LogP contribution in [0.15, 0.2) is 36.5 Å². The number of benzene rings is 1. The fraction of sp³-hybridized carbons (Fsp3) is 0.429. The summed E-state index contributed by atoms with van der Waals surface area (Å²) in [7, 11) is 1.71. The highest BCUT2D eigenvalue weighted by Gasteiger charge is 2.32. The number of piperazine rings is 1. The molecule has 1 aromatic carbocycles. The molecule has 1 aliphatic heterocycles. The Morgan fingerprint density at radius 1 is 1.19 bits per heavy atom. The van der Waals surface area contributed by atoms with Crippen molar-refractivity contribution in [2.45, 2.75) is 19.1 Å². The Kier molecular flexibility index (Phi) is 7.06. The highest BCUT2D eigenvalue weighted by molar-refractivity contribution is 6.33. The summed E-state index contributed by atoms with van der Waals surface area (Å²) in [6, 6.07) is 6.72. The number of nitrogens with zero attached hydrogens (tertiary/aromatic N) is 4. The van der Waals surface area contributed by atoms with Crippen molar-refractivity contribution in [2.75, 3.05) is 44.7 Å². The van der Waals surface area contributed by atoms with E-state index in [0.29, 0.717) is 32.0 Å². The van der Waals surface area contributed by atoms with Gasteiger partial charge in [-0.15, -0.1) is 0 Å². The first-order valence-electron chi connectivity index (χ1n) is 9.77. The van der Waals surface area contributed by atoms with E-state index in [2.05, 4.69) is 4.98 Å². The number of hydrogen-bond acceptors (Lipinski definition) is 4. The molecule has 2 heterocycles. The second kappa shape index (κ2) is 9.40. The van der Waals surface area contributed by atoms with Crippen LogP contribution in [0.3, 0.4) is 0 Å². The van der Waals surface area contributed by atoms with Crippen molar-refractivity contribution in [2.24, 2.45) is 0 Å². The van der Waals surface area contributed by atoms with Gasteiger partial charge in [-0.2, -0.15) is 13.2 Å². The number of likely N-dealkylation sites (N-methyl/N-ethyl adjacent to an activating group) is 1. The van der Waals surface area contributed by atoms with E-state index in [0.717, 1.165) is 17.8 Å². The quantitative estimate of drug-likeness (QED) is 0.628. The SMILES string of the molecule is CC(c1ccc(F)cc1)N(C)C(=O)CN1CCN(c2ncc(C(F)(F)F)cc2Cl)CC1. The van der Waals surface area contributed by atoms with Gasteiger partial charge in [-0.25, -0.2) is 9.37 Å². The van der Waals surface area contributed by atoms with Gasteiger partial charge in [0.1, 0.15) is 11.6 Å². The molecule has 1 unspecified atom stereocenters. The molecule has 5 nitrogen and oxygen atoms in total. The third-order valence-electron chi connectivity index (χ3n) is 5.51. The van der Waals surface area contributed by atoms with E-state index in [-0.39, 0.29) is 29.3 Å². The number of anilines is 1. The lowest BCUT2D eigenvalue weighted by Gasteiger charge is -2.36. The van der Waals surface area contributed by atoms with Gasteiger partial charge >= 0.3 is 6.18 Å². The van der Waals surface area contributed by atoms with Gasteiger partial charge in [0.25, 0.3) is 0 Å². The number of halogens is 5. The Hall–Kier alpha value is -2.39. The minimum Gasteiger partial charge on any atom is -0.353 e. The van der Waals surface area contributed by atoms with Gasteiger partial charge in [0.2, 0.25) is 5.91 Å². The van der Waals surface area contributed by atoms with E-state index in [9.17, 15) is 22.4 Å². The van der Waals surface area contributed by atoms with Gasteiger partial charge in [0.05, 0.1) is 23.2 Å². The molecule has 1 amide bonds. The highest BCUT2D eigenvalue weighted by atomic mass is 35.5. The lowest BCUT2D eigenvalue weighted by molar-refractivity contribution is -0.137. The summed E-state index contributed by atoms with van der Waals surface area (Å²) in [5.74, 6) is -0.0934. The Morgan fingerprint density at radius 2 is 1.81 bits per heavy atom. The van der Waals surface area contributed by atoms with Crippen LogP contribution >= 0.6 is 11.6 Å². The first-order valence-corrected chi connectivity index (χ1v) is 10.1. The zero-order chi connectivity index (χ0) is 22.8. The largest absolute Gasteiger partial charge is 0.417 e. The maximum absolute atomic E-state index is 13.1. The number of carbonyl (C=O) groups excluding carboxylic acids is 1. The second-order valence-electron chi connectivity index (χ2n) is 7.52. The number of amides is 1. The third kappa shape index (κ3) is 5.65. The van der Waals surface area contributed by atoms with E-state index in [1.807, 2.05) is 16.7 Å². The summed E-state index contributed by atoms with van der Waals surface area (Å²) in [6.45, 7) is 4.16. The molecule has 0 bridgehead atoms. The number of aromatic nitrogens is 1. The molecular formula is C21H23ClF4N4O. The zero-order valence-corrected chi connectivity index (χ0v) is 17.9. The summed E-state index contributed by atoms with van der Waals surface area (Å²) >= 11 is 6.03. The Bertz CT molecular complexity index is 915. The van der Waals surface area contributed by atoms with Crippen LogP contribution in [0.5, 0.6) is 0 Å². The molecule has 10 heteroatoms. The highest BCUT2D eigenvalue weighted by Crippen LogP contribution is 2.33. The third-order valence-corrected chi connectivity index (χ3v) is 5.78. The van der Waals surface area contributed by atoms with Gasteiger partial charge in [-0.05, 0) is 30.7 Å². The normalized spacial score (nSPS) is 16.3. The molecule has 1 atom stereocenters. The Balaban J connectivity index is 1.55. The first kappa shape index (κ1) is 23.3. The van der Waals surface area contributed by atoms with Gasteiger partial charge in [0.15, 0.2) is 0 Å². The summed E-state index contributed by atoms with van der Waals surface area (Å²) in [6.07, 6.45) is -3.71. The average Bonchev–Trinajstić information content (AvgIpc) is 2.73. The van der Waals surface area contributed by atoms with Gasteiger partial charge in [0, 0.05) is 39.4 Å². The van der Waals surface area contributed by atoms with Crippen LogP contribution < -0.4 is 4.90 Å². The van der Waals surface area contributed by atoms with Crippen LogP contribution in [0.1, 0.15) is 24.1 Å². The molecule has 1 aliphatic rings. The van der Waals surface area contributed by atoms with Crippen LogP contribution in [0.4, 0.5) is 23.4 Å². The Morgan fingerprint density at radius 3 is 2.35 bits per heavy atom. The fourth-order valence-corrected chi connectivity index (χ4v) is 3.71. The smallest absolute Gasteiger partial charge is 0.353 e. The number of alkyl halides is 3. The molecule has 1 aromatic heterocycles. The maximum atomic E-state index is 13.1. The number of hydrogen-bond donors (Lipinski definition) is 0. The first-order chi connectivity index (χ1) is 14.6. The molecule has 0 spiro atoms. The molecule has 168 valence electrons. The molecule has 1 fully saturated rings. The van der Waals surface area contributed by atoms with Crippen LogP contribution in [0.2, 0.25) is 5.02 Å². The number of pyridine rings is 1. The molecule has 1 saturated heterocycles. The van der Waals surface area contributed by atoms with Crippen molar-refractivity contribution < 1.29 is 22.4 Å². The molecular weight excluding hydrogens is 436 g/mol. The number of rotatable bonds is 5. The summed E-state index contributed by atoms with van der Waals surface area (Å²) in [4.78, 5) is 22.0. The van der Waals surface area contributed by atoms with Crippen molar-refractivity contribution in [1.29, 1.82) is 0 Å².